The molecule has 0 aliphatic carbocycles. The summed E-state index contributed by atoms with van der Waals surface area (Å²) in [4.78, 5) is 11.3. The zero-order chi connectivity index (χ0) is 13.1. The van der Waals surface area contributed by atoms with Crippen LogP contribution in [0.5, 0.6) is 0 Å². The van der Waals surface area contributed by atoms with Gasteiger partial charge >= 0.3 is 5.69 Å². The summed E-state index contributed by atoms with van der Waals surface area (Å²) in [6.45, 7) is 6.38. The van der Waals surface area contributed by atoms with Gasteiger partial charge < -0.3 is 10.5 Å². The summed E-state index contributed by atoms with van der Waals surface area (Å²) in [5, 5.41) is 7.05. The predicted octanol–water partition coefficient (Wildman–Crippen LogP) is 0.436. The van der Waals surface area contributed by atoms with Gasteiger partial charge in [0.25, 0.3) is 0 Å². The second-order valence-corrected chi connectivity index (χ2v) is 5.27. The molecular weight excluding hydrogens is 240 g/mol. The molecule has 1 rings (SSSR count). The molecule has 0 bridgehead atoms. The molecule has 1 atom stereocenters. The molecule has 3 N–H and O–H groups in total. The van der Waals surface area contributed by atoms with Gasteiger partial charge in [0, 0.05) is 25.4 Å². The zero-order valence-corrected chi connectivity index (χ0v) is 11.5. The lowest BCUT2D eigenvalue weighted by molar-refractivity contribution is 0.00665. The van der Waals surface area contributed by atoms with Crippen molar-refractivity contribution in [1.82, 2.24) is 14.8 Å². The van der Waals surface area contributed by atoms with Crippen molar-refractivity contribution in [3.05, 3.63) is 10.5 Å². The standard InChI is InChI=1S/C10H20N4O2S/c1-5-14-8(15)12-13-9(14)17-6-7(11)10(2,3)16-4/h7H,5-6,11H2,1-4H3,(H,12,15). The molecular formula is C10H20N4O2S. The third-order valence-corrected chi connectivity index (χ3v) is 3.95. The van der Waals surface area contributed by atoms with Gasteiger partial charge in [-0.3, -0.25) is 4.57 Å². The quantitative estimate of drug-likeness (QED) is 0.725. The van der Waals surface area contributed by atoms with Crippen LogP contribution in [0.3, 0.4) is 0 Å². The third-order valence-electron chi connectivity index (χ3n) is 2.85. The maximum atomic E-state index is 11.3. The average Bonchev–Trinajstić information content (AvgIpc) is 2.66. The molecule has 0 aromatic carbocycles. The molecule has 17 heavy (non-hydrogen) atoms. The molecule has 6 nitrogen and oxygen atoms in total. The Morgan fingerprint density at radius 3 is 2.82 bits per heavy atom. The number of H-pyrrole nitrogens is 1. The van der Waals surface area contributed by atoms with Crippen LogP contribution in [-0.4, -0.2) is 39.3 Å². The predicted molar refractivity (Wildman–Crippen MR) is 68.3 cm³/mol. The second-order valence-electron chi connectivity index (χ2n) is 4.28. The lowest BCUT2D eigenvalue weighted by Crippen LogP contribution is -2.46. The smallest absolute Gasteiger partial charge is 0.343 e. The first-order valence-electron chi connectivity index (χ1n) is 5.51. The maximum Gasteiger partial charge on any atom is 0.343 e. The van der Waals surface area contributed by atoms with Gasteiger partial charge in [-0.2, -0.15) is 0 Å². The summed E-state index contributed by atoms with van der Waals surface area (Å²) < 4.78 is 6.90. The van der Waals surface area contributed by atoms with E-state index in [1.165, 1.54) is 11.8 Å². The van der Waals surface area contributed by atoms with E-state index >= 15 is 0 Å². The summed E-state index contributed by atoms with van der Waals surface area (Å²) in [5.74, 6) is 0.644. The maximum absolute atomic E-state index is 11.3. The number of aromatic nitrogens is 3. The highest BCUT2D eigenvalue weighted by molar-refractivity contribution is 7.99. The summed E-state index contributed by atoms with van der Waals surface area (Å²) in [6.07, 6.45) is 0. The molecule has 0 amide bonds. The highest BCUT2D eigenvalue weighted by atomic mass is 32.2. The minimum atomic E-state index is -0.388. The number of methoxy groups -OCH3 is 1. The van der Waals surface area contributed by atoms with Crippen LogP contribution in [-0.2, 0) is 11.3 Å². The Hall–Kier alpha value is -0.790. The first-order chi connectivity index (χ1) is 7.92. The molecule has 1 aromatic heterocycles. The van der Waals surface area contributed by atoms with E-state index in [-0.39, 0.29) is 17.3 Å². The van der Waals surface area contributed by atoms with Crippen molar-refractivity contribution in [2.45, 2.75) is 44.1 Å². The molecule has 0 fully saturated rings. The molecule has 1 aromatic rings. The van der Waals surface area contributed by atoms with Crippen molar-refractivity contribution >= 4 is 11.8 Å². The van der Waals surface area contributed by atoms with Crippen LogP contribution in [0.25, 0.3) is 0 Å². The van der Waals surface area contributed by atoms with Crippen LogP contribution in [0, 0.1) is 0 Å². The number of nitrogens with two attached hydrogens (primary N) is 1. The van der Waals surface area contributed by atoms with Gasteiger partial charge in [-0.1, -0.05) is 11.8 Å². The number of aromatic amines is 1. The van der Waals surface area contributed by atoms with E-state index in [0.29, 0.717) is 17.5 Å². The molecule has 0 spiro atoms. The number of thioether (sulfide) groups is 1. The summed E-state index contributed by atoms with van der Waals surface area (Å²) in [6, 6.07) is -0.130. The Kier molecular flexibility index (Phi) is 4.79. The molecule has 1 heterocycles. The van der Waals surface area contributed by atoms with Crippen molar-refractivity contribution < 1.29 is 4.74 Å². The molecule has 0 aliphatic heterocycles. The summed E-state index contributed by atoms with van der Waals surface area (Å²) in [7, 11) is 1.64. The SMILES string of the molecule is CCn1c(SCC(N)C(C)(C)OC)n[nH]c1=O. The molecule has 1 unspecified atom stereocenters. The molecule has 0 saturated carbocycles. The van der Waals surface area contributed by atoms with Crippen molar-refractivity contribution in [3.8, 4) is 0 Å². The van der Waals surface area contributed by atoms with E-state index in [9.17, 15) is 4.79 Å². The number of ether oxygens (including phenoxy) is 1. The number of hydrogen-bond acceptors (Lipinski definition) is 5. The van der Waals surface area contributed by atoms with Crippen molar-refractivity contribution in [1.29, 1.82) is 0 Å². The lowest BCUT2D eigenvalue weighted by atomic mass is 10.0. The van der Waals surface area contributed by atoms with E-state index in [2.05, 4.69) is 10.2 Å². The van der Waals surface area contributed by atoms with Gasteiger partial charge in [0.2, 0.25) is 0 Å². The molecule has 7 heteroatoms. The monoisotopic (exact) mass is 260 g/mol. The molecule has 0 radical (unpaired) electrons. The first kappa shape index (κ1) is 14.3. The van der Waals surface area contributed by atoms with Gasteiger partial charge in [0.15, 0.2) is 5.16 Å². The van der Waals surface area contributed by atoms with Crippen LogP contribution in [0.15, 0.2) is 9.95 Å². The second kappa shape index (κ2) is 5.70. The molecule has 98 valence electrons. The summed E-state index contributed by atoms with van der Waals surface area (Å²) >= 11 is 1.46. The topological polar surface area (TPSA) is 85.9 Å². The number of rotatable bonds is 6. The molecule has 0 aliphatic rings. The fourth-order valence-corrected chi connectivity index (χ4v) is 2.42. The van der Waals surface area contributed by atoms with E-state index in [0.717, 1.165) is 0 Å². The third kappa shape index (κ3) is 3.34. The first-order valence-corrected chi connectivity index (χ1v) is 6.49. The summed E-state index contributed by atoms with van der Waals surface area (Å²) in [5.41, 5.74) is 5.46. The Bertz CT molecular complexity index is 413. The van der Waals surface area contributed by atoms with E-state index in [1.807, 2.05) is 20.8 Å². The number of nitrogens with one attached hydrogen (secondary N) is 1. The zero-order valence-electron chi connectivity index (χ0n) is 10.7. The van der Waals surface area contributed by atoms with E-state index in [4.69, 9.17) is 10.5 Å². The highest BCUT2D eigenvalue weighted by Gasteiger charge is 2.26. The Labute approximate surface area is 105 Å². The van der Waals surface area contributed by atoms with Gasteiger partial charge in [-0.15, -0.1) is 5.10 Å². The van der Waals surface area contributed by atoms with Crippen LogP contribution in [0.2, 0.25) is 0 Å². The minimum Gasteiger partial charge on any atom is -0.377 e. The highest BCUT2D eigenvalue weighted by Crippen LogP contribution is 2.20. The van der Waals surface area contributed by atoms with Gasteiger partial charge in [-0.05, 0) is 20.8 Å². The fraction of sp³-hybridized carbons (Fsp3) is 0.800. The largest absolute Gasteiger partial charge is 0.377 e. The van der Waals surface area contributed by atoms with Crippen molar-refractivity contribution in [3.63, 3.8) is 0 Å². The average molecular weight is 260 g/mol. The number of hydrogen-bond donors (Lipinski definition) is 2. The Morgan fingerprint density at radius 1 is 1.65 bits per heavy atom. The van der Waals surface area contributed by atoms with E-state index in [1.54, 1.807) is 11.7 Å². The van der Waals surface area contributed by atoms with Crippen LogP contribution in [0.1, 0.15) is 20.8 Å². The van der Waals surface area contributed by atoms with E-state index < -0.39 is 0 Å². The van der Waals surface area contributed by atoms with Crippen LogP contribution < -0.4 is 11.4 Å². The van der Waals surface area contributed by atoms with Crippen molar-refractivity contribution in [2.75, 3.05) is 12.9 Å². The van der Waals surface area contributed by atoms with Crippen molar-refractivity contribution in [2.24, 2.45) is 5.73 Å². The van der Waals surface area contributed by atoms with Gasteiger partial charge in [-0.25, -0.2) is 9.89 Å². The van der Waals surface area contributed by atoms with Crippen LogP contribution >= 0.6 is 11.8 Å². The fourth-order valence-electron chi connectivity index (χ4n) is 1.21. The van der Waals surface area contributed by atoms with Gasteiger partial charge in [0.1, 0.15) is 0 Å². The molecule has 0 saturated heterocycles. The van der Waals surface area contributed by atoms with Gasteiger partial charge in [0.05, 0.1) is 5.60 Å². The lowest BCUT2D eigenvalue weighted by Gasteiger charge is -2.29. The minimum absolute atomic E-state index is 0.130. The Balaban J connectivity index is 2.65. The normalized spacial score (nSPS) is 13.9. The number of nitrogens with zero attached hydrogens (tertiary/aromatic N) is 2. The Morgan fingerprint density at radius 2 is 2.29 bits per heavy atom. The van der Waals surface area contributed by atoms with Crippen LogP contribution in [0.4, 0.5) is 0 Å².